The SMILES string of the molecule is C.C=C(CC(CCC(=O)CC(CC(C)COCCCCCCCC)CC1CO1)COC(CC)CC(CC)CC(=C)OCCCCCCCC)OCCCCC.C=O.CCCCCCCCC.CCCCCCCCC. The van der Waals surface area contributed by atoms with E-state index in [9.17, 15) is 4.79 Å². The molecule has 1 rings (SSSR count). The van der Waals surface area contributed by atoms with E-state index in [1.807, 2.05) is 6.79 Å². The number of carbonyl (C=O) groups is 2. The third-order valence-electron chi connectivity index (χ3n) is 14.6. The van der Waals surface area contributed by atoms with Gasteiger partial charge in [0, 0.05) is 38.9 Å². The largest absolute Gasteiger partial charge is 0.499 e. The van der Waals surface area contributed by atoms with Crippen molar-refractivity contribution in [1.82, 2.24) is 0 Å². The highest BCUT2D eigenvalue weighted by atomic mass is 16.6. The van der Waals surface area contributed by atoms with E-state index in [0.717, 1.165) is 109 Å². The number of rotatable bonds is 54. The van der Waals surface area contributed by atoms with Crippen molar-refractivity contribution < 1.29 is 33.3 Å². The molecule has 6 unspecified atom stereocenters. The summed E-state index contributed by atoms with van der Waals surface area (Å²) >= 11 is 0. The van der Waals surface area contributed by atoms with Crippen LogP contribution in [0.2, 0.25) is 0 Å². The second kappa shape index (κ2) is 64.8. The van der Waals surface area contributed by atoms with Crippen molar-refractivity contribution in [1.29, 1.82) is 0 Å². The zero-order valence-electron chi connectivity index (χ0n) is 51.8. The van der Waals surface area contributed by atoms with Gasteiger partial charge in [0.1, 0.15) is 12.6 Å². The number of allylic oxidation sites excluding steroid dienone is 2. The van der Waals surface area contributed by atoms with Crippen LogP contribution < -0.4 is 0 Å². The van der Waals surface area contributed by atoms with Crippen molar-refractivity contribution in [2.24, 2.45) is 23.7 Å². The van der Waals surface area contributed by atoms with Crippen molar-refractivity contribution in [2.45, 2.75) is 339 Å². The van der Waals surface area contributed by atoms with Crippen LogP contribution in [0.5, 0.6) is 0 Å². The molecule has 1 aliphatic rings. The highest BCUT2D eigenvalue weighted by molar-refractivity contribution is 5.78. The second-order valence-corrected chi connectivity index (χ2v) is 22.5. The fourth-order valence-corrected chi connectivity index (χ4v) is 9.66. The van der Waals surface area contributed by atoms with Gasteiger partial charge in [-0.25, -0.2) is 0 Å². The minimum absolute atomic E-state index is 0. The summed E-state index contributed by atoms with van der Waals surface area (Å²) in [7, 11) is 0. The van der Waals surface area contributed by atoms with Crippen LogP contribution in [0.1, 0.15) is 327 Å². The summed E-state index contributed by atoms with van der Waals surface area (Å²) in [5.41, 5.74) is 0. The molecule has 0 bridgehead atoms. The van der Waals surface area contributed by atoms with Crippen LogP contribution in [0.3, 0.4) is 0 Å². The molecule has 6 atom stereocenters. The minimum Gasteiger partial charge on any atom is -0.499 e. The fraction of sp³-hybridized carbons (Fsp3) is 0.912. The molecular formula is C68H136O7. The lowest BCUT2D eigenvalue weighted by Crippen LogP contribution is -2.23. The van der Waals surface area contributed by atoms with E-state index in [2.05, 4.69) is 82.4 Å². The van der Waals surface area contributed by atoms with Crippen LogP contribution in [0.15, 0.2) is 24.7 Å². The maximum atomic E-state index is 13.5. The Hall–Kier alpha value is -1.70. The first kappa shape index (κ1) is 79.8. The maximum Gasteiger partial charge on any atom is 0.133 e. The van der Waals surface area contributed by atoms with Crippen LogP contribution in [0.25, 0.3) is 0 Å². The van der Waals surface area contributed by atoms with Crippen LogP contribution >= 0.6 is 0 Å². The Kier molecular flexibility index (Phi) is 69.0. The summed E-state index contributed by atoms with van der Waals surface area (Å²) in [5.74, 6) is 3.58. The number of hydrogen-bond acceptors (Lipinski definition) is 7. The standard InChI is InChI=1S/C48H90O6.2C9H20.CH2O.CH4/c1-9-14-17-19-21-24-28-50-37-40(6)31-45(36-48-39-54-48)34-46(49)27-26-44(33-42(8)51-29-23-16-11-3)38-53-47(13-5)35-43(12-4)32-41(7)52-30-25-22-20-18-15-10-2;2*1-3-5-7-9-8-6-4-2;1-2;/h40,43-45,47-48H,7-39H2,1-6H3;2*3-9H2,1-2H3;1H2;1H4. The molecule has 75 heavy (non-hydrogen) atoms. The summed E-state index contributed by atoms with van der Waals surface area (Å²) < 4.78 is 30.4. The lowest BCUT2D eigenvalue weighted by atomic mass is 9.86. The van der Waals surface area contributed by atoms with E-state index >= 15 is 0 Å². The van der Waals surface area contributed by atoms with Gasteiger partial charge in [0.25, 0.3) is 0 Å². The van der Waals surface area contributed by atoms with Gasteiger partial charge in [-0.05, 0) is 75.0 Å². The molecule has 7 heteroatoms. The van der Waals surface area contributed by atoms with E-state index in [1.165, 1.54) is 167 Å². The number of Topliss-reactive ketones (excluding diaryl/α,β-unsaturated/α-hetero) is 1. The Morgan fingerprint density at radius 1 is 0.493 bits per heavy atom. The first-order chi connectivity index (χ1) is 36.1. The molecule has 0 radical (unpaired) electrons. The van der Waals surface area contributed by atoms with Gasteiger partial charge in [-0.3, -0.25) is 4.79 Å². The molecule has 450 valence electrons. The predicted octanol–water partition coefficient (Wildman–Crippen LogP) is 21.7. The number of hydrogen-bond donors (Lipinski definition) is 0. The lowest BCUT2D eigenvalue weighted by molar-refractivity contribution is -0.120. The predicted molar refractivity (Wildman–Crippen MR) is 330 cm³/mol. The van der Waals surface area contributed by atoms with Crippen molar-refractivity contribution in [2.75, 3.05) is 39.6 Å². The van der Waals surface area contributed by atoms with Crippen molar-refractivity contribution in [3.05, 3.63) is 24.7 Å². The van der Waals surface area contributed by atoms with Crippen molar-refractivity contribution in [3.63, 3.8) is 0 Å². The van der Waals surface area contributed by atoms with Gasteiger partial charge in [0.2, 0.25) is 0 Å². The highest BCUT2D eigenvalue weighted by Gasteiger charge is 2.29. The summed E-state index contributed by atoms with van der Waals surface area (Å²) in [6.07, 6.45) is 47.8. The molecular weight excluding hydrogens is 929 g/mol. The molecule has 1 heterocycles. The zero-order valence-corrected chi connectivity index (χ0v) is 51.8. The molecule has 0 spiro atoms. The maximum absolute atomic E-state index is 13.5. The summed E-state index contributed by atoms with van der Waals surface area (Å²) in [6.45, 7) is 37.7. The fourth-order valence-electron chi connectivity index (χ4n) is 9.66. The molecule has 1 fully saturated rings. The van der Waals surface area contributed by atoms with Gasteiger partial charge in [0.15, 0.2) is 0 Å². The summed E-state index contributed by atoms with van der Waals surface area (Å²) in [6, 6.07) is 0. The topological polar surface area (TPSA) is 83.6 Å². The first-order valence-electron chi connectivity index (χ1n) is 32.3. The van der Waals surface area contributed by atoms with Crippen molar-refractivity contribution >= 4 is 12.6 Å². The molecule has 0 aromatic heterocycles. The highest BCUT2D eigenvalue weighted by Crippen LogP contribution is 2.30. The van der Waals surface area contributed by atoms with Crippen LogP contribution in [0, 0.1) is 23.7 Å². The normalized spacial score (nSPS) is 14.5. The zero-order chi connectivity index (χ0) is 55.6. The van der Waals surface area contributed by atoms with Gasteiger partial charge in [0.05, 0.1) is 50.2 Å². The number of unbranched alkanes of at least 4 members (excludes halogenated alkanes) is 24. The number of ether oxygens (including phenoxy) is 5. The first-order valence-corrected chi connectivity index (χ1v) is 32.3. The average molecular weight is 1070 g/mol. The Morgan fingerprint density at radius 2 is 0.880 bits per heavy atom. The monoisotopic (exact) mass is 1070 g/mol. The Labute approximate surface area is 471 Å². The molecule has 0 N–H and O–H groups in total. The van der Waals surface area contributed by atoms with Gasteiger partial charge in [-0.1, -0.05) is 263 Å². The van der Waals surface area contributed by atoms with Gasteiger partial charge < -0.3 is 28.5 Å². The number of ketones is 1. The third-order valence-corrected chi connectivity index (χ3v) is 14.6. The average Bonchev–Trinajstić information content (AvgIpc) is 4.23. The Balaban J connectivity index is -0.00000100. The molecule has 1 aliphatic heterocycles. The quantitative estimate of drug-likeness (QED) is 0.0341. The van der Waals surface area contributed by atoms with E-state index < -0.39 is 0 Å². The molecule has 0 aromatic carbocycles. The van der Waals surface area contributed by atoms with Gasteiger partial charge >= 0.3 is 0 Å². The van der Waals surface area contributed by atoms with E-state index in [4.69, 9.17) is 28.5 Å². The van der Waals surface area contributed by atoms with Crippen molar-refractivity contribution in [3.8, 4) is 0 Å². The minimum atomic E-state index is 0. The number of epoxide rings is 1. The molecule has 0 amide bonds. The molecule has 0 saturated carbocycles. The van der Waals surface area contributed by atoms with E-state index in [-0.39, 0.29) is 19.4 Å². The molecule has 0 aliphatic carbocycles. The summed E-state index contributed by atoms with van der Waals surface area (Å²) in [4.78, 5) is 21.5. The molecule has 7 nitrogen and oxygen atoms in total. The summed E-state index contributed by atoms with van der Waals surface area (Å²) in [5, 5.41) is 0. The molecule has 0 aromatic rings. The van der Waals surface area contributed by atoms with Crippen LogP contribution in [0.4, 0.5) is 0 Å². The Bertz CT molecular complexity index is 1110. The molecule has 1 saturated heterocycles. The third kappa shape index (κ3) is 61.4. The number of carbonyl (C=O) groups excluding carboxylic acids is 2. The van der Waals surface area contributed by atoms with Gasteiger partial charge in [-0.15, -0.1) is 0 Å². The smallest absolute Gasteiger partial charge is 0.133 e. The lowest BCUT2D eigenvalue weighted by Gasteiger charge is -2.26. The van der Waals surface area contributed by atoms with Gasteiger partial charge in [-0.2, -0.15) is 0 Å². The van der Waals surface area contributed by atoms with Crippen LogP contribution in [-0.2, 0) is 33.3 Å². The second-order valence-electron chi connectivity index (χ2n) is 22.5. The van der Waals surface area contributed by atoms with E-state index in [1.54, 1.807) is 0 Å². The van der Waals surface area contributed by atoms with E-state index in [0.29, 0.717) is 55.7 Å². The Morgan fingerprint density at radius 3 is 1.29 bits per heavy atom. The van der Waals surface area contributed by atoms with Crippen LogP contribution in [-0.4, -0.2) is 64.4 Å².